The Bertz CT molecular complexity index is 170. The highest BCUT2D eigenvalue weighted by molar-refractivity contribution is 7.99. The van der Waals surface area contributed by atoms with Crippen LogP contribution in [-0.4, -0.2) is 29.9 Å². The largest absolute Gasteiger partial charge is 0.356 e. The fourth-order valence-electron chi connectivity index (χ4n) is 2.06. The number of ether oxygens (including phenoxy) is 1. The number of rotatable bonds is 1. The highest BCUT2D eigenvalue weighted by Gasteiger charge is 2.41. The van der Waals surface area contributed by atoms with E-state index in [1.807, 2.05) is 11.8 Å². The molecule has 3 unspecified atom stereocenters. The summed E-state index contributed by atoms with van der Waals surface area (Å²) in [5.41, 5.74) is -0.0249. The quantitative estimate of drug-likeness (QED) is 0.671. The summed E-state index contributed by atoms with van der Waals surface area (Å²) in [5, 5.41) is 3.49. The van der Waals surface area contributed by atoms with E-state index in [4.69, 9.17) is 4.74 Å². The Labute approximate surface area is 78.4 Å². The third kappa shape index (κ3) is 1.50. The highest BCUT2D eigenvalue weighted by Crippen LogP contribution is 2.35. The minimum Gasteiger partial charge on any atom is -0.356 e. The normalized spacial score (nSPS) is 48.5. The lowest BCUT2D eigenvalue weighted by Gasteiger charge is -2.30. The summed E-state index contributed by atoms with van der Waals surface area (Å²) in [6.07, 6.45) is 1.70. The zero-order chi connectivity index (χ0) is 8.60. The van der Waals surface area contributed by atoms with E-state index in [-0.39, 0.29) is 5.72 Å². The van der Waals surface area contributed by atoms with Gasteiger partial charge in [-0.2, -0.15) is 11.8 Å². The van der Waals surface area contributed by atoms with Crippen molar-refractivity contribution in [3.63, 3.8) is 0 Å². The average Bonchev–Trinajstić information content (AvgIpc) is 2.59. The Kier molecular flexibility index (Phi) is 2.36. The van der Waals surface area contributed by atoms with Crippen molar-refractivity contribution in [1.82, 2.24) is 5.32 Å². The molecular formula is C9H17NOS. The predicted molar refractivity (Wildman–Crippen MR) is 52.4 cm³/mol. The van der Waals surface area contributed by atoms with Gasteiger partial charge in [0.1, 0.15) is 5.72 Å². The van der Waals surface area contributed by atoms with Crippen molar-refractivity contribution < 1.29 is 4.74 Å². The fourth-order valence-corrected chi connectivity index (χ4v) is 3.44. The van der Waals surface area contributed by atoms with Crippen molar-refractivity contribution in [3.8, 4) is 0 Å². The summed E-state index contributed by atoms with van der Waals surface area (Å²) < 4.78 is 5.91. The molecule has 3 heteroatoms. The van der Waals surface area contributed by atoms with Crippen LogP contribution in [-0.2, 0) is 4.74 Å². The van der Waals surface area contributed by atoms with Gasteiger partial charge in [0.05, 0.1) is 6.10 Å². The Morgan fingerprint density at radius 3 is 2.92 bits per heavy atom. The molecule has 2 nitrogen and oxygen atoms in total. The monoisotopic (exact) mass is 187 g/mol. The van der Waals surface area contributed by atoms with Crippen LogP contribution in [0.2, 0.25) is 0 Å². The third-order valence-corrected chi connectivity index (χ3v) is 4.06. The van der Waals surface area contributed by atoms with Crippen LogP contribution in [0, 0.1) is 5.92 Å². The fraction of sp³-hybridized carbons (Fsp3) is 1.00. The Morgan fingerprint density at radius 1 is 1.58 bits per heavy atom. The molecule has 1 N–H and O–H groups in total. The molecule has 0 spiro atoms. The van der Waals surface area contributed by atoms with E-state index >= 15 is 0 Å². The van der Waals surface area contributed by atoms with E-state index in [0.29, 0.717) is 12.0 Å². The molecule has 0 saturated carbocycles. The molecule has 0 aromatic heterocycles. The van der Waals surface area contributed by atoms with Crippen LogP contribution in [0.3, 0.4) is 0 Å². The van der Waals surface area contributed by atoms with Gasteiger partial charge in [-0.15, -0.1) is 0 Å². The molecule has 70 valence electrons. The first-order valence-electron chi connectivity index (χ1n) is 4.71. The van der Waals surface area contributed by atoms with Gasteiger partial charge in [0.15, 0.2) is 0 Å². The molecule has 0 bridgehead atoms. The standard InChI is InChI=1S/C9H17NOS/c1-7-5-10-9(2,11-7)8-3-4-12-6-8/h7-8,10H,3-6H2,1-2H3. The summed E-state index contributed by atoms with van der Waals surface area (Å²) in [7, 11) is 0. The zero-order valence-corrected chi connectivity index (χ0v) is 8.62. The second-order valence-corrected chi connectivity index (χ2v) is 5.13. The maximum Gasteiger partial charge on any atom is 0.120 e. The van der Waals surface area contributed by atoms with Crippen molar-refractivity contribution in [3.05, 3.63) is 0 Å². The lowest BCUT2D eigenvalue weighted by molar-refractivity contribution is -0.0645. The Hall–Kier alpha value is 0.270. The zero-order valence-electron chi connectivity index (χ0n) is 7.80. The Balaban J connectivity index is 2.00. The molecule has 2 aliphatic heterocycles. The SMILES string of the molecule is CC1CNC(C)(C2CCSC2)O1. The van der Waals surface area contributed by atoms with Crippen LogP contribution in [0.1, 0.15) is 20.3 Å². The van der Waals surface area contributed by atoms with Crippen LogP contribution in [0.5, 0.6) is 0 Å². The van der Waals surface area contributed by atoms with Crippen molar-refractivity contribution in [1.29, 1.82) is 0 Å². The van der Waals surface area contributed by atoms with E-state index in [9.17, 15) is 0 Å². The Morgan fingerprint density at radius 2 is 2.42 bits per heavy atom. The minimum absolute atomic E-state index is 0.0249. The van der Waals surface area contributed by atoms with Crippen LogP contribution in [0.15, 0.2) is 0 Å². The van der Waals surface area contributed by atoms with Gasteiger partial charge in [0.25, 0.3) is 0 Å². The molecule has 2 heterocycles. The second-order valence-electron chi connectivity index (χ2n) is 3.98. The summed E-state index contributed by atoms with van der Waals surface area (Å²) in [4.78, 5) is 0. The first-order chi connectivity index (χ1) is 5.71. The summed E-state index contributed by atoms with van der Waals surface area (Å²) in [6.45, 7) is 5.35. The van der Waals surface area contributed by atoms with E-state index in [1.165, 1.54) is 17.9 Å². The molecule has 0 aliphatic carbocycles. The van der Waals surface area contributed by atoms with Gasteiger partial charge in [-0.3, -0.25) is 5.32 Å². The van der Waals surface area contributed by atoms with Crippen LogP contribution in [0.25, 0.3) is 0 Å². The highest BCUT2D eigenvalue weighted by atomic mass is 32.2. The van der Waals surface area contributed by atoms with Crippen molar-refractivity contribution in [2.45, 2.75) is 32.1 Å². The number of nitrogens with one attached hydrogen (secondary N) is 1. The van der Waals surface area contributed by atoms with Gasteiger partial charge in [0, 0.05) is 18.2 Å². The predicted octanol–water partition coefficient (Wildman–Crippen LogP) is 1.46. The van der Waals surface area contributed by atoms with Gasteiger partial charge < -0.3 is 4.74 Å². The number of thioether (sulfide) groups is 1. The van der Waals surface area contributed by atoms with Crippen LogP contribution < -0.4 is 5.32 Å². The maximum atomic E-state index is 5.91. The summed E-state index contributed by atoms with van der Waals surface area (Å²) in [5.74, 6) is 3.28. The molecule has 12 heavy (non-hydrogen) atoms. The van der Waals surface area contributed by atoms with Gasteiger partial charge in [-0.25, -0.2) is 0 Å². The van der Waals surface area contributed by atoms with Gasteiger partial charge in [-0.05, 0) is 26.0 Å². The molecule has 2 aliphatic rings. The first-order valence-corrected chi connectivity index (χ1v) is 5.87. The van der Waals surface area contributed by atoms with Gasteiger partial charge >= 0.3 is 0 Å². The smallest absolute Gasteiger partial charge is 0.120 e. The van der Waals surface area contributed by atoms with Crippen molar-refractivity contribution >= 4 is 11.8 Å². The van der Waals surface area contributed by atoms with Gasteiger partial charge in [-0.1, -0.05) is 0 Å². The van der Waals surface area contributed by atoms with E-state index < -0.39 is 0 Å². The second kappa shape index (κ2) is 3.20. The summed E-state index contributed by atoms with van der Waals surface area (Å²) >= 11 is 2.05. The lowest BCUT2D eigenvalue weighted by Crippen LogP contribution is -2.45. The maximum absolute atomic E-state index is 5.91. The molecular weight excluding hydrogens is 170 g/mol. The molecule has 2 fully saturated rings. The van der Waals surface area contributed by atoms with E-state index in [0.717, 1.165) is 6.54 Å². The van der Waals surface area contributed by atoms with Crippen LogP contribution in [0.4, 0.5) is 0 Å². The topological polar surface area (TPSA) is 21.3 Å². The summed E-state index contributed by atoms with van der Waals surface area (Å²) in [6, 6.07) is 0. The molecule has 0 radical (unpaired) electrons. The lowest BCUT2D eigenvalue weighted by atomic mass is 9.97. The van der Waals surface area contributed by atoms with Crippen LogP contribution >= 0.6 is 11.8 Å². The molecule has 2 rings (SSSR count). The van der Waals surface area contributed by atoms with E-state index in [1.54, 1.807) is 0 Å². The average molecular weight is 187 g/mol. The van der Waals surface area contributed by atoms with E-state index in [2.05, 4.69) is 19.2 Å². The van der Waals surface area contributed by atoms with Crippen molar-refractivity contribution in [2.24, 2.45) is 5.92 Å². The molecule has 0 aromatic rings. The molecule has 3 atom stereocenters. The minimum atomic E-state index is -0.0249. The van der Waals surface area contributed by atoms with Crippen molar-refractivity contribution in [2.75, 3.05) is 18.1 Å². The first kappa shape index (κ1) is 8.85. The number of hydrogen-bond donors (Lipinski definition) is 1. The molecule has 0 amide bonds. The number of hydrogen-bond acceptors (Lipinski definition) is 3. The third-order valence-electron chi connectivity index (χ3n) is 2.90. The van der Waals surface area contributed by atoms with Gasteiger partial charge in [0.2, 0.25) is 0 Å². The molecule has 0 aromatic carbocycles. The molecule has 2 saturated heterocycles.